The van der Waals surface area contributed by atoms with Crippen LogP contribution >= 0.6 is 11.6 Å². The van der Waals surface area contributed by atoms with Gasteiger partial charge in [0.1, 0.15) is 5.82 Å². The van der Waals surface area contributed by atoms with E-state index in [9.17, 15) is 4.79 Å². The highest BCUT2D eigenvalue weighted by Gasteiger charge is 2.24. The molecule has 0 aliphatic carbocycles. The number of nitrogens with zero attached hydrogens (tertiary/aromatic N) is 3. The van der Waals surface area contributed by atoms with E-state index in [1.807, 2.05) is 6.92 Å². The second-order valence-corrected chi connectivity index (χ2v) is 6.48. The van der Waals surface area contributed by atoms with E-state index < -0.39 is 0 Å². The lowest BCUT2D eigenvalue weighted by atomic mass is 10.1. The highest BCUT2D eigenvalue weighted by atomic mass is 35.5. The summed E-state index contributed by atoms with van der Waals surface area (Å²) >= 11 is 6.41. The minimum atomic E-state index is -0.0331. The third-order valence-electron chi connectivity index (χ3n) is 4.51. The minimum Gasteiger partial charge on any atom is -0.378 e. The fourth-order valence-electron chi connectivity index (χ4n) is 3.20. The first kappa shape index (κ1) is 17.5. The predicted octanol–water partition coefficient (Wildman–Crippen LogP) is 2.21. The average molecular weight is 354 g/mol. The maximum Gasteiger partial charge on any atom is 0.255 e. The van der Waals surface area contributed by atoms with Crippen molar-refractivity contribution in [1.29, 1.82) is 0 Å². The molecular formula is C17H24ClN3O3. The van der Waals surface area contributed by atoms with Gasteiger partial charge in [-0.2, -0.15) is 0 Å². The molecule has 0 N–H and O–H groups in total. The van der Waals surface area contributed by atoms with Crippen LogP contribution in [0.25, 0.3) is 0 Å². The second-order valence-electron chi connectivity index (χ2n) is 6.08. The maximum atomic E-state index is 12.5. The molecule has 2 aliphatic rings. The van der Waals surface area contributed by atoms with Gasteiger partial charge in [0.15, 0.2) is 0 Å². The normalized spacial score (nSPS) is 19.6. The quantitative estimate of drug-likeness (QED) is 0.830. The van der Waals surface area contributed by atoms with Gasteiger partial charge in [-0.25, -0.2) is 4.98 Å². The number of hydrogen-bond acceptors (Lipinski definition) is 5. The molecule has 1 aromatic heterocycles. The zero-order chi connectivity index (χ0) is 16.9. The number of carbonyl (C=O) groups excluding carboxylic acids is 1. The molecule has 0 atom stereocenters. The Morgan fingerprint density at radius 1 is 1.33 bits per heavy atom. The van der Waals surface area contributed by atoms with Crippen molar-refractivity contribution in [1.82, 2.24) is 9.88 Å². The van der Waals surface area contributed by atoms with Crippen molar-refractivity contribution < 1.29 is 14.3 Å². The van der Waals surface area contributed by atoms with Gasteiger partial charge < -0.3 is 19.3 Å². The van der Waals surface area contributed by atoms with E-state index in [2.05, 4.69) is 9.88 Å². The Morgan fingerprint density at radius 3 is 2.67 bits per heavy atom. The van der Waals surface area contributed by atoms with Crippen LogP contribution in [-0.2, 0) is 9.47 Å². The van der Waals surface area contributed by atoms with E-state index in [1.165, 1.54) is 0 Å². The van der Waals surface area contributed by atoms with Crippen LogP contribution in [0.1, 0.15) is 30.1 Å². The van der Waals surface area contributed by atoms with Crippen molar-refractivity contribution >= 4 is 23.3 Å². The van der Waals surface area contributed by atoms with Crippen LogP contribution < -0.4 is 4.90 Å². The van der Waals surface area contributed by atoms with Crippen molar-refractivity contribution in [2.45, 2.75) is 25.9 Å². The summed E-state index contributed by atoms with van der Waals surface area (Å²) in [5.74, 6) is 0.722. The maximum absolute atomic E-state index is 12.5. The number of halogens is 1. The van der Waals surface area contributed by atoms with E-state index in [4.69, 9.17) is 21.1 Å². The van der Waals surface area contributed by atoms with Crippen molar-refractivity contribution in [3.63, 3.8) is 0 Å². The van der Waals surface area contributed by atoms with Gasteiger partial charge >= 0.3 is 0 Å². The van der Waals surface area contributed by atoms with Crippen LogP contribution in [0.15, 0.2) is 12.3 Å². The molecule has 0 unspecified atom stereocenters. The van der Waals surface area contributed by atoms with Gasteiger partial charge in [-0.1, -0.05) is 11.6 Å². The molecule has 3 heterocycles. The Bertz CT molecular complexity index is 570. The van der Waals surface area contributed by atoms with Crippen LogP contribution in [0.2, 0.25) is 5.02 Å². The van der Waals surface area contributed by atoms with Crippen LogP contribution in [0.5, 0.6) is 0 Å². The Hall–Kier alpha value is -1.37. The number of morpholine rings is 1. The van der Waals surface area contributed by atoms with Gasteiger partial charge in [0.05, 0.1) is 29.9 Å². The number of piperidine rings is 1. The van der Waals surface area contributed by atoms with Gasteiger partial charge in [-0.15, -0.1) is 0 Å². The Kier molecular flexibility index (Phi) is 5.92. The highest BCUT2D eigenvalue weighted by Crippen LogP contribution is 2.28. The van der Waals surface area contributed by atoms with Gasteiger partial charge in [0, 0.05) is 39.0 Å². The number of hydrogen-bond donors (Lipinski definition) is 0. The summed E-state index contributed by atoms with van der Waals surface area (Å²) in [4.78, 5) is 20.9. The number of aromatic nitrogens is 1. The van der Waals surface area contributed by atoms with Crippen LogP contribution in [0.3, 0.4) is 0 Å². The lowest BCUT2D eigenvalue weighted by molar-refractivity contribution is 0.0302. The second kappa shape index (κ2) is 8.14. The molecular weight excluding hydrogens is 330 g/mol. The molecule has 2 aliphatic heterocycles. The summed E-state index contributed by atoms with van der Waals surface area (Å²) < 4.78 is 11.0. The first-order valence-corrected chi connectivity index (χ1v) is 8.96. The molecule has 6 nitrogen and oxygen atoms in total. The Balaban J connectivity index is 1.65. The molecule has 132 valence electrons. The van der Waals surface area contributed by atoms with E-state index in [0.717, 1.165) is 38.4 Å². The molecule has 1 aromatic rings. The zero-order valence-corrected chi connectivity index (χ0v) is 14.8. The van der Waals surface area contributed by atoms with Crippen molar-refractivity contribution in [3.05, 3.63) is 22.8 Å². The van der Waals surface area contributed by atoms with E-state index in [0.29, 0.717) is 43.0 Å². The fourth-order valence-corrected chi connectivity index (χ4v) is 3.49. The first-order valence-electron chi connectivity index (χ1n) is 8.58. The number of ether oxygens (including phenoxy) is 2. The Labute approximate surface area is 147 Å². The molecule has 0 aromatic carbocycles. The van der Waals surface area contributed by atoms with E-state index in [1.54, 1.807) is 17.2 Å². The Morgan fingerprint density at radius 2 is 2.04 bits per heavy atom. The SMILES string of the molecule is CCOC1CCN(c2ncc(C(=O)N3CCOCC3)cc2Cl)CC1. The van der Waals surface area contributed by atoms with Gasteiger partial charge in [0.25, 0.3) is 5.91 Å². The number of pyridine rings is 1. The molecule has 1 amide bonds. The topological polar surface area (TPSA) is 54.9 Å². The molecule has 0 spiro atoms. The van der Waals surface area contributed by atoms with Crippen LogP contribution in [0.4, 0.5) is 5.82 Å². The molecule has 0 bridgehead atoms. The van der Waals surface area contributed by atoms with Crippen molar-refractivity contribution in [3.8, 4) is 0 Å². The van der Waals surface area contributed by atoms with Crippen LogP contribution in [-0.4, -0.2) is 67.9 Å². The summed E-state index contributed by atoms with van der Waals surface area (Å²) in [5.41, 5.74) is 0.537. The first-order chi connectivity index (χ1) is 11.7. The van der Waals surface area contributed by atoms with Crippen LogP contribution in [0, 0.1) is 0 Å². The molecule has 0 saturated carbocycles. The average Bonchev–Trinajstić information content (AvgIpc) is 2.63. The summed E-state index contributed by atoms with van der Waals surface area (Å²) in [6.07, 6.45) is 3.90. The van der Waals surface area contributed by atoms with E-state index in [-0.39, 0.29) is 5.91 Å². The summed E-state index contributed by atoms with van der Waals surface area (Å²) in [7, 11) is 0. The van der Waals surface area contributed by atoms with E-state index >= 15 is 0 Å². The number of amides is 1. The molecule has 24 heavy (non-hydrogen) atoms. The highest BCUT2D eigenvalue weighted by molar-refractivity contribution is 6.33. The molecule has 2 saturated heterocycles. The third-order valence-corrected chi connectivity index (χ3v) is 4.79. The van der Waals surface area contributed by atoms with Gasteiger partial charge in [-0.05, 0) is 25.8 Å². The summed E-state index contributed by atoms with van der Waals surface area (Å²) in [5, 5.41) is 0.531. The number of carbonyl (C=O) groups is 1. The molecule has 0 radical (unpaired) electrons. The molecule has 2 fully saturated rings. The molecule has 7 heteroatoms. The predicted molar refractivity (Wildman–Crippen MR) is 92.8 cm³/mol. The lowest BCUT2D eigenvalue weighted by Gasteiger charge is -2.33. The lowest BCUT2D eigenvalue weighted by Crippen LogP contribution is -2.41. The third kappa shape index (κ3) is 3.99. The molecule has 3 rings (SSSR count). The smallest absolute Gasteiger partial charge is 0.255 e. The van der Waals surface area contributed by atoms with Crippen molar-refractivity contribution in [2.24, 2.45) is 0 Å². The summed E-state index contributed by atoms with van der Waals surface area (Å²) in [6, 6.07) is 1.73. The van der Waals surface area contributed by atoms with Crippen molar-refractivity contribution in [2.75, 3.05) is 50.9 Å². The zero-order valence-electron chi connectivity index (χ0n) is 14.0. The number of anilines is 1. The minimum absolute atomic E-state index is 0.0331. The number of rotatable bonds is 4. The summed E-state index contributed by atoms with van der Waals surface area (Å²) in [6.45, 7) is 6.91. The largest absolute Gasteiger partial charge is 0.378 e. The standard InChI is InChI=1S/C17H24ClN3O3/c1-2-24-14-3-5-20(6-4-14)16-15(18)11-13(12-19-16)17(22)21-7-9-23-10-8-21/h11-12,14H,2-10H2,1H3. The fraction of sp³-hybridized carbons (Fsp3) is 0.647. The van der Waals surface area contributed by atoms with Gasteiger partial charge in [0.2, 0.25) is 0 Å². The van der Waals surface area contributed by atoms with Gasteiger partial charge in [-0.3, -0.25) is 4.79 Å². The monoisotopic (exact) mass is 353 g/mol.